The number of rotatable bonds is 4. The zero-order valence-corrected chi connectivity index (χ0v) is 14.9. The molecule has 0 bridgehead atoms. The number of nitrogens with one attached hydrogen (secondary N) is 1. The maximum Gasteiger partial charge on any atom is 0.411 e. The number of anilines is 1. The average Bonchev–Trinajstić information content (AvgIpc) is 3.00. The second-order valence-corrected chi connectivity index (χ2v) is 6.66. The van der Waals surface area contributed by atoms with E-state index in [1.165, 1.54) is 11.1 Å². The van der Waals surface area contributed by atoms with Crippen molar-refractivity contribution in [3.63, 3.8) is 0 Å². The number of hydrogen-bond donors (Lipinski definition) is 1. The van der Waals surface area contributed by atoms with Gasteiger partial charge in [0.05, 0.1) is 5.69 Å². The second kappa shape index (κ2) is 7.08. The van der Waals surface area contributed by atoms with Gasteiger partial charge in [-0.2, -0.15) is 0 Å². The highest BCUT2D eigenvalue weighted by molar-refractivity contribution is 5.93. The van der Waals surface area contributed by atoms with E-state index in [0.717, 1.165) is 23.0 Å². The molecule has 0 heterocycles. The monoisotopic (exact) mass is 357 g/mol. The number of carbonyl (C=O) groups excluding carboxylic acids is 2. The van der Waals surface area contributed by atoms with Crippen molar-refractivity contribution in [3.05, 3.63) is 89.0 Å². The topological polar surface area (TPSA) is 55.4 Å². The first-order valence-electron chi connectivity index (χ1n) is 8.85. The molecule has 0 spiro atoms. The lowest BCUT2D eigenvalue weighted by Gasteiger charge is -2.15. The molecule has 0 saturated carbocycles. The molecule has 0 saturated heterocycles. The number of ether oxygens (including phenoxy) is 1. The maximum absolute atomic E-state index is 12.3. The summed E-state index contributed by atoms with van der Waals surface area (Å²) in [4.78, 5) is 23.5. The van der Waals surface area contributed by atoms with Crippen LogP contribution in [-0.2, 0) is 4.74 Å². The SMILES string of the molecule is Cc1ccc(C=O)c(NC(=O)OCC2c3ccccc3-c3ccccc32)c1. The van der Waals surface area contributed by atoms with Crippen LogP contribution in [0, 0.1) is 6.92 Å². The molecule has 0 atom stereocenters. The van der Waals surface area contributed by atoms with E-state index in [0.29, 0.717) is 11.3 Å². The molecule has 27 heavy (non-hydrogen) atoms. The summed E-state index contributed by atoms with van der Waals surface area (Å²) in [7, 11) is 0. The van der Waals surface area contributed by atoms with Crippen molar-refractivity contribution in [2.75, 3.05) is 11.9 Å². The molecular formula is C23H19NO3. The molecule has 1 N–H and O–H groups in total. The van der Waals surface area contributed by atoms with Crippen molar-refractivity contribution in [2.45, 2.75) is 12.8 Å². The van der Waals surface area contributed by atoms with E-state index in [1.54, 1.807) is 12.1 Å². The number of hydrogen-bond acceptors (Lipinski definition) is 3. The number of aldehydes is 1. The molecule has 3 aromatic carbocycles. The van der Waals surface area contributed by atoms with Gasteiger partial charge in [-0.05, 0) is 46.9 Å². The predicted molar refractivity (Wildman–Crippen MR) is 105 cm³/mol. The molecule has 1 aliphatic rings. The fourth-order valence-electron chi connectivity index (χ4n) is 3.63. The fraction of sp³-hybridized carbons (Fsp3) is 0.130. The van der Waals surface area contributed by atoms with Crippen molar-refractivity contribution in [1.82, 2.24) is 0 Å². The summed E-state index contributed by atoms with van der Waals surface area (Å²) in [5, 5.41) is 2.68. The number of benzene rings is 3. The number of carbonyl (C=O) groups is 2. The van der Waals surface area contributed by atoms with E-state index in [2.05, 4.69) is 29.6 Å². The van der Waals surface area contributed by atoms with Crippen LogP contribution in [0.15, 0.2) is 66.7 Å². The lowest BCUT2D eigenvalue weighted by molar-refractivity contribution is 0.112. The summed E-state index contributed by atoms with van der Waals surface area (Å²) in [6.07, 6.45) is 0.156. The van der Waals surface area contributed by atoms with Gasteiger partial charge in [0.25, 0.3) is 0 Å². The first-order valence-corrected chi connectivity index (χ1v) is 8.85. The Balaban J connectivity index is 1.52. The third-order valence-corrected chi connectivity index (χ3v) is 4.92. The molecule has 4 rings (SSSR count). The Bertz CT molecular complexity index is 980. The van der Waals surface area contributed by atoms with Crippen molar-refractivity contribution < 1.29 is 14.3 Å². The third-order valence-electron chi connectivity index (χ3n) is 4.92. The smallest absolute Gasteiger partial charge is 0.411 e. The normalized spacial score (nSPS) is 12.2. The largest absolute Gasteiger partial charge is 0.448 e. The summed E-state index contributed by atoms with van der Waals surface area (Å²) in [5.41, 5.74) is 6.53. The number of fused-ring (bicyclic) bond motifs is 3. The fourth-order valence-corrected chi connectivity index (χ4v) is 3.63. The first kappa shape index (κ1) is 17.0. The molecule has 134 valence electrons. The standard InChI is InChI=1S/C23H19NO3/c1-15-10-11-16(13-25)22(12-15)24-23(26)27-14-21-19-8-4-2-6-17(19)18-7-3-5-9-20(18)21/h2-13,21H,14H2,1H3,(H,24,26). The van der Waals surface area contributed by atoms with E-state index >= 15 is 0 Å². The summed E-state index contributed by atoms with van der Waals surface area (Å²) in [6.45, 7) is 2.14. The molecule has 0 fully saturated rings. The molecule has 1 amide bonds. The van der Waals surface area contributed by atoms with Crippen molar-refractivity contribution >= 4 is 18.1 Å². The van der Waals surface area contributed by atoms with Gasteiger partial charge < -0.3 is 4.74 Å². The van der Waals surface area contributed by atoms with Gasteiger partial charge in [-0.25, -0.2) is 4.79 Å². The molecule has 0 radical (unpaired) electrons. The molecule has 4 nitrogen and oxygen atoms in total. The van der Waals surface area contributed by atoms with Gasteiger partial charge in [-0.1, -0.05) is 54.6 Å². The minimum Gasteiger partial charge on any atom is -0.448 e. The van der Waals surface area contributed by atoms with Crippen LogP contribution in [0.1, 0.15) is 33.0 Å². The van der Waals surface area contributed by atoms with Crippen LogP contribution in [0.4, 0.5) is 10.5 Å². The van der Waals surface area contributed by atoms with E-state index in [9.17, 15) is 9.59 Å². The highest BCUT2D eigenvalue weighted by Crippen LogP contribution is 2.44. The zero-order chi connectivity index (χ0) is 18.8. The van der Waals surface area contributed by atoms with Crippen LogP contribution in [0.25, 0.3) is 11.1 Å². The highest BCUT2D eigenvalue weighted by Gasteiger charge is 2.29. The van der Waals surface area contributed by atoms with Gasteiger partial charge in [0.15, 0.2) is 6.29 Å². The van der Waals surface area contributed by atoms with Crippen LogP contribution in [0.5, 0.6) is 0 Å². The molecule has 0 unspecified atom stereocenters. The molecule has 3 aromatic rings. The Morgan fingerprint density at radius 1 is 1.00 bits per heavy atom. The summed E-state index contributed by atoms with van der Waals surface area (Å²) < 4.78 is 5.52. The van der Waals surface area contributed by atoms with Crippen molar-refractivity contribution in [1.29, 1.82) is 0 Å². The summed E-state index contributed by atoms with van der Waals surface area (Å²) in [6, 6.07) is 21.6. The number of aryl methyl sites for hydroxylation is 1. The van der Waals surface area contributed by atoms with E-state index in [1.807, 2.05) is 37.3 Å². The predicted octanol–water partition coefficient (Wildman–Crippen LogP) is 5.17. The van der Waals surface area contributed by atoms with Crippen LogP contribution in [-0.4, -0.2) is 19.0 Å². The third kappa shape index (κ3) is 3.22. The Kier molecular flexibility index (Phi) is 4.47. The zero-order valence-electron chi connectivity index (χ0n) is 14.9. The Morgan fingerprint density at radius 2 is 1.63 bits per heavy atom. The van der Waals surface area contributed by atoms with Gasteiger partial charge >= 0.3 is 6.09 Å². The minimum absolute atomic E-state index is 0.00574. The molecule has 0 aliphatic heterocycles. The van der Waals surface area contributed by atoms with Crippen LogP contribution in [0.3, 0.4) is 0 Å². The van der Waals surface area contributed by atoms with E-state index < -0.39 is 6.09 Å². The van der Waals surface area contributed by atoms with Gasteiger partial charge in [0.2, 0.25) is 0 Å². The van der Waals surface area contributed by atoms with E-state index in [-0.39, 0.29) is 12.5 Å². The van der Waals surface area contributed by atoms with Gasteiger partial charge in [0.1, 0.15) is 6.61 Å². The molecule has 4 heteroatoms. The van der Waals surface area contributed by atoms with E-state index in [4.69, 9.17) is 4.74 Å². The van der Waals surface area contributed by atoms with Gasteiger partial charge in [0, 0.05) is 11.5 Å². The Morgan fingerprint density at radius 3 is 2.26 bits per heavy atom. The van der Waals surface area contributed by atoms with Crippen molar-refractivity contribution in [3.8, 4) is 11.1 Å². The molecular weight excluding hydrogens is 338 g/mol. The van der Waals surface area contributed by atoms with Crippen molar-refractivity contribution in [2.24, 2.45) is 0 Å². The maximum atomic E-state index is 12.3. The van der Waals surface area contributed by atoms with Crippen LogP contribution >= 0.6 is 0 Å². The van der Waals surface area contributed by atoms with Gasteiger partial charge in [-0.3, -0.25) is 10.1 Å². The second-order valence-electron chi connectivity index (χ2n) is 6.66. The van der Waals surface area contributed by atoms with Gasteiger partial charge in [-0.15, -0.1) is 0 Å². The lowest BCUT2D eigenvalue weighted by Crippen LogP contribution is -2.18. The Labute approximate surface area is 157 Å². The number of amides is 1. The van der Waals surface area contributed by atoms with Crippen LogP contribution < -0.4 is 5.32 Å². The van der Waals surface area contributed by atoms with Crippen LogP contribution in [0.2, 0.25) is 0 Å². The average molecular weight is 357 g/mol. The summed E-state index contributed by atoms with van der Waals surface area (Å²) >= 11 is 0. The Hall–Kier alpha value is -3.40. The first-order chi connectivity index (χ1) is 13.2. The molecule has 0 aromatic heterocycles. The summed E-state index contributed by atoms with van der Waals surface area (Å²) in [5.74, 6) is 0.00574. The quantitative estimate of drug-likeness (QED) is 0.656. The minimum atomic E-state index is -0.564. The lowest BCUT2D eigenvalue weighted by atomic mass is 9.98. The highest BCUT2D eigenvalue weighted by atomic mass is 16.5. The molecule has 1 aliphatic carbocycles.